The Hall–Kier alpha value is -3.83. The van der Waals surface area contributed by atoms with Crippen LogP contribution in [0.4, 0.5) is 14.5 Å². The molecule has 200 valence electrons. The summed E-state index contributed by atoms with van der Waals surface area (Å²) in [6, 6.07) is 8.90. The molecule has 8 nitrogen and oxygen atoms in total. The minimum absolute atomic E-state index is 0.0294. The van der Waals surface area contributed by atoms with Crippen molar-refractivity contribution in [2.24, 2.45) is 0 Å². The summed E-state index contributed by atoms with van der Waals surface area (Å²) in [6.07, 6.45) is 0.775. The molecule has 4 aliphatic heterocycles. The summed E-state index contributed by atoms with van der Waals surface area (Å²) in [5.41, 5.74) is 1.76. The molecule has 0 saturated carbocycles. The zero-order valence-electron chi connectivity index (χ0n) is 21.1. The number of carbonyl (C=O) groups excluding carboxylic acids is 1. The largest absolute Gasteiger partial charge is 0.502 e. The van der Waals surface area contributed by atoms with Gasteiger partial charge in [-0.1, -0.05) is 36.5 Å². The van der Waals surface area contributed by atoms with Crippen LogP contribution >= 0.6 is 12.2 Å². The third kappa shape index (κ3) is 3.08. The molecule has 1 N–H and O–H groups in total. The van der Waals surface area contributed by atoms with Crippen molar-refractivity contribution in [1.82, 2.24) is 9.58 Å². The topological polar surface area (TPSA) is 78.2 Å². The number of ether oxygens (including phenoxy) is 1. The Bertz CT molecular complexity index is 1670. The highest BCUT2D eigenvalue weighted by Crippen LogP contribution is 2.52. The van der Waals surface area contributed by atoms with E-state index >= 15 is 4.39 Å². The van der Waals surface area contributed by atoms with E-state index in [-0.39, 0.29) is 37.6 Å². The number of hydrogen-bond acceptors (Lipinski definition) is 6. The minimum Gasteiger partial charge on any atom is -0.502 e. The summed E-state index contributed by atoms with van der Waals surface area (Å²) in [5, 5.41) is 12.6. The van der Waals surface area contributed by atoms with E-state index in [1.807, 2.05) is 42.0 Å². The van der Waals surface area contributed by atoms with Gasteiger partial charge in [0.1, 0.15) is 12.2 Å². The van der Waals surface area contributed by atoms with Gasteiger partial charge in [0.2, 0.25) is 5.43 Å². The van der Waals surface area contributed by atoms with E-state index in [9.17, 15) is 19.1 Å². The van der Waals surface area contributed by atoms with E-state index in [4.69, 9.17) is 17.0 Å². The normalized spacial score (nSPS) is 22.7. The maximum Gasteiger partial charge on any atom is 0.278 e. The first-order valence-corrected chi connectivity index (χ1v) is 13.1. The molecule has 0 bridgehead atoms. The predicted molar refractivity (Wildman–Crippen MR) is 143 cm³/mol. The first-order valence-electron chi connectivity index (χ1n) is 12.7. The molecule has 39 heavy (non-hydrogen) atoms. The van der Waals surface area contributed by atoms with Crippen LogP contribution in [0, 0.1) is 11.6 Å². The molecular formula is C28H24F2N4O4S. The molecule has 2 atom stereocenters. The lowest BCUT2D eigenvalue weighted by Crippen LogP contribution is -2.66. The van der Waals surface area contributed by atoms with E-state index in [0.717, 1.165) is 22.9 Å². The first-order chi connectivity index (χ1) is 18.6. The van der Waals surface area contributed by atoms with Crippen LogP contribution in [0.25, 0.3) is 0 Å². The Morgan fingerprint density at radius 3 is 2.69 bits per heavy atom. The monoisotopic (exact) mass is 550 g/mol. The maximum absolute atomic E-state index is 15.6. The number of benzene rings is 2. The Morgan fingerprint density at radius 1 is 1.10 bits per heavy atom. The van der Waals surface area contributed by atoms with Crippen LogP contribution in [0.3, 0.4) is 0 Å². The zero-order valence-corrected chi connectivity index (χ0v) is 22.0. The smallest absolute Gasteiger partial charge is 0.278 e. The van der Waals surface area contributed by atoms with Crippen LogP contribution in [-0.4, -0.2) is 51.5 Å². The maximum atomic E-state index is 15.6. The zero-order chi connectivity index (χ0) is 27.4. The number of carbonyl (C=O) groups is 1. The summed E-state index contributed by atoms with van der Waals surface area (Å²) in [7, 11) is 0. The SMILES string of the molecule is CC1(C)C(=S)N2Cc3c(ccc(F)c3F)[C@@H](N3[C@@H]4COCCN4C(=O)c4c(O)c(=O)ccn43)c3cccc1c32. The van der Waals surface area contributed by atoms with Gasteiger partial charge in [-0.15, -0.1) is 0 Å². The Balaban J connectivity index is 1.58. The van der Waals surface area contributed by atoms with Crippen molar-refractivity contribution in [1.29, 1.82) is 0 Å². The fourth-order valence-electron chi connectivity index (χ4n) is 6.46. The number of para-hydroxylation sites is 1. The second-order valence-corrected chi connectivity index (χ2v) is 11.1. The first kappa shape index (κ1) is 24.2. The summed E-state index contributed by atoms with van der Waals surface area (Å²) < 4.78 is 37.6. The predicted octanol–water partition coefficient (Wildman–Crippen LogP) is 3.31. The summed E-state index contributed by atoms with van der Waals surface area (Å²) >= 11 is 5.89. The molecule has 4 aliphatic rings. The molecule has 1 amide bonds. The average molecular weight is 551 g/mol. The van der Waals surface area contributed by atoms with E-state index in [1.165, 1.54) is 16.9 Å². The second-order valence-electron chi connectivity index (χ2n) is 10.7. The highest BCUT2D eigenvalue weighted by Gasteiger charge is 2.50. The van der Waals surface area contributed by atoms with Gasteiger partial charge in [-0.25, -0.2) is 8.78 Å². The Morgan fingerprint density at radius 2 is 1.90 bits per heavy atom. The second kappa shape index (κ2) is 8.09. The number of aromatic hydroxyl groups is 1. The van der Waals surface area contributed by atoms with Crippen LogP contribution in [-0.2, 0) is 16.7 Å². The van der Waals surface area contributed by atoms with Gasteiger partial charge in [-0.05, 0) is 31.0 Å². The molecule has 1 saturated heterocycles. The molecule has 0 aliphatic carbocycles. The number of aromatic nitrogens is 1. The van der Waals surface area contributed by atoms with Crippen molar-refractivity contribution in [3.8, 4) is 5.75 Å². The molecule has 0 radical (unpaired) electrons. The van der Waals surface area contributed by atoms with Crippen LogP contribution < -0.4 is 15.3 Å². The van der Waals surface area contributed by atoms with Gasteiger partial charge < -0.3 is 19.6 Å². The van der Waals surface area contributed by atoms with Gasteiger partial charge in [-0.3, -0.25) is 19.3 Å². The van der Waals surface area contributed by atoms with E-state index in [1.54, 1.807) is 11.0 Å². The van der Waals surface area contributed by atoms with Gasteiger partial charge in [0, 0.05) is 35.3 Å². The minimum atomic E-state index is -0.971. The van der Waals surface area contributed by atoms with Crippen molar-refractivity contribution in [3.63, 3.8) is 0 Å². The fraction of sp³-hybridized carbons (Fsp3) is 0.321. The van der Waals surface area contributed by atoms with Crippen LogP contribution in [0.2, 0.25) is 0 Å². The van der Waals surface area contributed by atoms with Crippen molar-refractivity contribution in [2.75, 3.05) is 29.7 Å². The number of fused-ring (bicyclic) bond motifs is 3. The lowest BCUT2D eigenvalue weighted by molar-refractivity contribution is -0.0196. The highest BCUT2D eigenvalue weighted by molar-refractivity contribution is 7.80. The molecule has 1 fully saturated rings. The Labute approximate surface area is 227 Å². The molecule has 3 aromatic rings. The van der Waals surface area contributed by atoms with Gasteiger partial charge >= 0.3 is 0 Å². The lowest BCUT2D eigenvalue weighted by Gasteiger charge is -2.51. The summed E-state index contributed by atoms with van der Waals surface area (Å²) in [4.78, 5) is 30.0. The molecule has 11 heteroatoms. The summed E-state index contributed by atoms with van der Waals surface area (Å²) in [6.45, 7) is 4.69. The van der Waals surface area contributed by atoms with Crippen LogP contribution in [0.5, 0.6) is 5.75 Å². The average Bonchev–Trinajstić information content (AvgIpc) is 3.03. The third-order valence-electron chi connectivity index (χ3n) is 8.37. The third-order valence-corrected chi connectivity index (χ3v) is 9.10. The van der Waals surface area contributed by atoms with Gasteiger partial charge in [0.25, 0.3) is 5.91 Å². The number of halogens is 2. The fourth-order valence-corrected chi connectivity index (χ4v) is 6.72. The molecule has 0 unspecified atom stereocenters. The molecular weight excluding hydrogens is 526 g/mol. The standard InChI is InChI=1S/C28H24F2N4O4S/c1-28(2)17-5-3-4-15-22(14-6-7-18(29)21(30)16(14)12-32(23(15)17)27(28)39)34-20-13-38-11-10-31(20)26(37)24-25(36)19(35)8-9-33(24)34/h3-9,20,22,36H,10-13H2,1-2H3/t20-,22-/m1/s1. The van der Waals surface area contributed by atoms with Crippen molar-refractivity contribution < 1.29 is 23.4 Å². The molecule has 7 rings (SSSR count). The number of anilines is 1. The summed E-state index contributed by atoms with van der Waals surface area (Å²) in [5.74, 6) is -3.11. The molecule has 5 heterocycles. The lowest BCUT2D eigenvalue weighted by atomic mass is 9.84. The number of rotatable bonds is 1. The van der Waals surface area contributed by atoms with Crippen molar-refractivity contribution in [3.05, 3.63) is 92.4 Å². The number of morpholine rings is 1. The number of thiocarbonyl (C=S) groups is 1. The molecule has 0 spiro atoms. The Kier molecular flexibility index (Phi) is 5.03. The van der Waals surface area contributed by atoms with Gasteiger partial charge in [0.05, 0.1) is 30.4 Å². The van der Waals surface area contributed by atoms with E-state index in [0.29, 0.717) is 10.6 Å². The molecule has 2 aromatic carbocycles. The van der Waals surface area contributed by atoms with E-state index < -0.39 is 46.3 Å². The number of hydrogen-bond donors (Lipinski definition) is 1. The molecule has 1 aromatic heterocycles. The highest BCUT2D eigenvalue weighted by atomic mass is 32.1. The van der Waals surface area contributed by atoms with Crippen molar-refractivity contribution >= 4 is 28.8 Å². The van der Waals surface area contributed by atoms with Crippen LogP contribution in [0.1, 0.15) is 52.6 Å². The quantitative estimate of drug-likeness (QED) is 0.466. The van der Waals surface area contributed by atoms with Gasteiger partial charge in [0.15, 0.2) is 23.1 Å². The number of nitrogens with zero attached hydrogens (tertiary/aromatic N) is 4. The van der Waals surface area contributed by atoms with E-state index in [2.05, 4.69) is 0 Å². The van der Waals surface area contributed by atoms with Crippen molar-refractivity contribution in [2.45, 2.75) is 38.0 Å². The van der Waals surface area contributed by atoms with Crippen LogP contribution in [0.15, 0.2) is 47.4 Å². The number of pyridine rings is 1. The van der Waals surface area contributed by atoms with Gasteiger partial charge in [-0.2, -0.15) is 0 Å². The number of amides is 1.